The van der Waals surface area contributed by atoms with Crippen molar-refractivity contribution in [3.8, 4) is 0 Å². The molecule has 2 rings (SSSR count). The largest absolute Gasteiger partial charge is 0.394 e. The molecule has 2 amide bonds. The highest BCUT2D eigenvalue weighted by atomic mass is 16.3. The van der Waals surface area contributed by atoms with E-state index in [9.17, 15) is 14.7 Å². The van der Waals surface area contributed by atoms with Crippen LogP contribution in [0.1, 0.15) is 33.1 Å². The lowest BCUT2D eigenvalue weighted by Gasteiger charge is -2.26. The summed E-state index contributed by atoms with van der Waals surface area (Å²) in [6.07, 6.45) is 2.16. The fourth-order valence-corrected chi connectivity index (χ4v) is 3.10. The topological polar surface area (TPSA) is 60.9 Å². The Morgan fingerprint density at radius 1 is 1.47 bits per heavy atom. The molecular formula is C14H24N2O3. The SMILES string of the molecule is CC(C)CN1CC(C(=O)N2CCC[C@H]2CO)CC1=O. The second-order valence-electron chi connectivity index (χ2n) is 6.10. The molecule has 0 saturated carbocycles. The summed E-state index contributed by atoms with van der Waals surface area (Å²) in [6.45, 7) is 6.17. The maximum Gasteiger partial charge on any atom is 0.228 e. The van der Waals surface area contributed by atoms with Gasteiger partial charge in [-0.05, 0) is 18.8 Å². The van der Waals surface area contributed by atoms with Crippen LogP contribution in [0, 0.1) is 11.8 Å². The van der Waals surface area contributed by atoms with Gasteiger partial charge in [0.05, 0.1) is 18.6 Å². The summed E-state index contributed by atoms with van der Waals surface area (Å²) >= 11 is 0. The molecule has 108 valence electrons. The molecule has 2 aliphatic heterocycles. The van der Waals surface area contributed by atoms with Crippen LogP contribution < -0.4 is 0 Å². The van der Waals surface area contributed by atoms with Gasteiger partial charge in [0.25, 0.3) is 0 Å². The highest BCUT2D eigenvalue weighted by Crippen LogP contribution is 2.25. The molecular weight excluding hydrogens is 244 g/mol. The first kappa shape index (κ1) is 14.3. The minimum Gasteiger partial charge on any atom is -0.394 e. The first-order valence-electron chi connectivity index (χ1n) is 7.22. The Bertz CT molecular complexity index is 357. The van der Waals surface area contributed by atoms with Crippen LogP contribution in [0.5, 0.6) is 0 Å². The van der Waals surface area contributed by atoms with Gasteiger partial charge in [-0.15, -0.1) is 0 Å². The lowest BCUT2D eigenvalue weighted by Crippen LogP contribution is -2.42. The monoisotopic (exact) mass is 268 g/mol. The summed E-state index contributed by atoms with van der Waals surface area (Å²) in [6, 6.07) is -0.0400. The fraction of sp³-hybridized carbons (Fsp3) is 0.857. The summed E-state index contributed by atoms with van der Waals surface area (Å²) in [5.74, 6) is 0.358. The molecule has 0 aromatic carbocycles. The van der Waals surface area contributed by atoms with E-state index in [-0.39, 0.29) is 30.4 Å². The molecule has 1 unspecified atom stereocenters. The van der Waals surface area contributed by atoms with Gasteiger partial charge in [0.15, 0.2) is 0 Å². The molecule has 5 nitrogen and oxygen atoms in total. The predicted octanol–water partition coefficient (Wildman–Crippen LogP) is 0.474. The first-order chi connectivity index (χ1) is 9.02. The number of hydrogen-bond acceptors (Lipinski definition) is 3. The molecule has 19 heavy (non-hydrogen) atoms. The van der Waals surface area contributed by atoms with E-state index in [0.29, 0.717) is 18.9 Å². The van der Waals surface area contributed by atoms with E-state index in [2.05, 4.69) is 13.8 Å². The van der Waals surface area contributed by atoms with E-state index in [0.717, 1.165) is 25.9 Å². The minimum absolute atomic E-state index is 0.0299. The zero-order valence-electron chi connectivity index (χ0n) is 11.8. The number of hydrogen-bond donors (Lipinski definition) is 1. The van der Waals surface area contributed by atoms with E-state index in [1.807, 2.05) is 0 Å². The summed E-state index contributed by atoms with van der Waals surface area (Å²) in [5, 5.41) is 9.28. The van der Waals surface area contributed by atoms with Gasteiger partial charge in [-0.2, -0.15) is 0 Å². The fourth-order valence-electron chi connectivity index (χ4n) is 3.10. The zero-order chi connectivity index (χ0) is 14.0. The van der Waals surface area contributed by atoms with Gasteiger partial charge in [-0.3, -0.25) is 9.59 Å². The average molecular weight is 268 g/mol. The maximum atomic E-state index is 12.4. The molecule has 2 aliphatic rings. The Labute approximate surface area is 114 Å². The van der Waals surface area contributed by atoms with E-state index >= 15 is 0 Å². The number of likely N-dealkylation sites (tertiary alicyclic amines) is 2. The van der Waals surface area contributed by atoms with Crippen molar-refractivity contribution in [3.63, 3.8) is 0 Å². The quantitative estimate of drug-likeness (QED) is 0.806. The Balaban J connectivity index is 1.96. The Hall–Kier alpha value is -1.10. The summed E-state index contributed by atoms with van der Waals surface area (Å²) < 4.78 is 0. The first-order valence-corrected chi connectivity index (χ1v) is 7.22. The number of nitrogens with zero attached hydrogens (tertiary/aromatic N) is 2. The van der Waals surface area contributed by atoms with Gasteiger partial charge in [0.2, 0.25) is 11.8 Å². The van der Waals surface area contributed by atoms with Crippen molar-refractivity contribution in [2.45, 2.75) is 39.2 Å². The van der Waals surface area contributed by atoms with Crippen LogP contribution in [0.2, 0.25) is 0 Å². The van der Waals surface area contributed by atoms with Crippen LogP contribution in [0.4, 0.5) is 0 Å². The normalized spacial score (nSPS) is 27.7. The summed E-state index contributed by atoms with van der Waals surface area (Å²) in [5.41, 5.74) is 0. The van der Waals surface area contributed by atoms with Gasteiger partial charge in [0.1, 0.15) is 0 Å². The number of aliphatic hydroxyl groups excluding tert-OH is 1. The third-order valence-electron chi connectivity index (χ3n) is 4.02. The molecule has 2 atom stereocenters. The molecule has 2 saturated heterocycles. The third-order valence-corrected chi connectivity index (χ3v) is 4.02. The van der Waals surface area contributed by atoms with Gasteiger partial charge in [-0.25, -0.2) is 0 Å². The van der Waals surface area contributed by atoms with Crippen molar-refractivity contribution in [3.05, 3.63) is 0 Å². The van der Waals surface area contributed by atoms with E-state index in [1.54, 1.807) is 9.80 Å². The molecule has 0 spiro atoms. The Morgan fingerprint density at radius 3 is 2.84 bits per heavy atom. The number of rotatable bonds is 4. The van der Waals surface area contributed by atoms with Crippen molar-refractivity contribution in [1.82, 2.24) is 9.80 Å². The number of amides is 2. The van der Waals surface area contributed by atoms with Crippen LogP contribution in [0.25, 0.3) is 0 Å². The lowest BCUT2D eigenvalue weighted by molar-refractivity contribution is -0.137. The van der Waals surface area contributed by atoms with Crippen molar-refractivity contribution in [2.24, 2.45) is 11.8 Å². The third kappa shape index (κ3) is 3.08. The molecule has 5 heteroatoms. The van der Waals surface area contributed by atoms with Gasteiger partial charge < -0.3 is 14.9 Å². The van der Waals surface area contributed by atoms with E-state index in [1.165, 1.54) is 0 Å². The Kier molecular flexibility index (Phi) is 4.45. The van der Waals surface area contributed by atoms with Gasteiger partial charge in [0, 0.05) is 26.1 Å². The van der Waals surface area contributed by atoms with Crippen LogP contribution in [-0.2, 0) is 9.59 Å². The van der Waals surface area contributed by atoms with E-state index in [4.69, 9.17) is 0 Å². The molecule has 2 heterocycles. The zero-order valence-corrected chi connectivity index (χ0v) is 11.8. The Morgan fingerprint density at radius 2 is 2.21 bits per heavy atom. The van der Waals surface area contributed by atoms with Gasteiger partial charge >= 0.3 is 0 Å². The molecule has 0 radical (unpaired) electrons. The van der Waals surface area contributed by atoms with Crippen LogP contribution in [-0.4, -0.2) is 59.0 Å². The maximum absolute atomic E-state index is 12.4. The van der Waals surface area contributed by atoms with Crippen molar-refractivity contribution < 1.29 is 14.7 Å². The standard InChI is InChI=1S/C14H24N2O3/c1-10(2)7-15-8-11(6-13(15)18)14(19)16-5-3-4-12(16)9-17/h10-12,17H,3-9H2,1-2H3/t11?,12-/m0/s1. The molecule has 1 N–H and O–H groups in total. The smallest absolute Gasteiger partial charge is 0.228 e. The molecule has 0 bridgehead atoms. The number of carbonyl (C=O) groups excluding carboxylic acids is 2. The van der Waals surface area contributed by atoms with Crippen molar-refractivity contribution in [2.75, 3.05) is 26.2 Å². The van der Waals surface area contributed by atoms with Crippen molar-refractivity contribution >= 4 is 11.8 Å². The highest BCUT2D eigenvalue weighted by Gasteiger charge is 2.39. The highest BCUT2D eigenvalue weighted by molar-refractivity contribution is 5.89. The van der Waals surface area contributed by atoms with Crippen LogP contribution in [0.15, 0.2) is 0 Å². The molecule has 0 aromatic rings. The lowest BCUT2D eigenvalue weighted by atomic mass is 10.1. The van der Waals surface area contributed by atoms with Crippen LogP contribution >= 0.6 is 0 Å². The van der Waals surface area contributed by atoms with Crippen molar-refractivity contribution in [1.29, 1.82) is 0 Å². The molecule has 0 aromatic heterocycles. The van der Waals surface area contributed by atoms with Crippen LogP contribution in [0.3, 0.4) is 0 Å². The average Bonchev–Trinajstić information content (AvgIpc) is 2.95. The summed E-state index contributed by atoms with van der Waals surface area (Å²) in [7, 11) is 0. The van der Waals surface area contributed by atoms with Gasteiger partial charge in [-0.1, -0.05) is 13.8 Å². The second-order valence-corrected chi connectivity index (χ2v) is 6.10. The number of aliphatic hydroxyl groups is 1. The molecule has 0 aliphatic carbocycles. The number of carbonyl (C=O) groups is 2. The minimum atomic E-state index is -0.210. The van der Waals surface area contributed by atoms with E-state index < -0.39 is 0 Å². The molecule has 2 fully saturated rings. The summed E-state index contributed by atoms with van der Waals surface area (Å²) in [4.78, 5) is 27.9. The second kappa shape index (κ2) is 5.90. The predicted molar refractivity (Wildman–Crippen MR) is 71.3 cm³/mol.